The third kappa shape index (κ3) is 4.38. The molecule has 8 heteroatoms. The van der Waals surface area contributed by atoms with Gasteiger partial charge < -0.3 is 20.0 Å². The zero-order chi connectivity index (χ0) is 15.2. The summed E-state index contributed by atoms with van der Waals surface area (Å²) in [5.41, 5.74) is 1.59. The van der Waals surface area contributed by atoms with Gasteiger partial charge in [0.25, 0.3) is 0 Å². The number of hydrogen-bond donors (Lipinski definition) is 3. The van der Waals surface area contributed by atoms with Crippen molar-refractivity contribution >= 4 is 40.4 Å². The van der Waals surface area contributed by atoms with Gasteiger partial charge >= 0.3 is 11.7 Å². The van der Waals surface area contributed by atoms with Crippen molar-refractivity contribution in [2.24, 2.45) is 0 Å². The first kappa shape index (κ1) is 15.2. The van der Waals surface area contributed by atoms with Gasteiger partial charge in [-0.15, -0.1) is 11.8 Å². The van der Waals surface area contributed by atoms with Gasteiger partial charge in [-0.2, -0.15) is 0 Å². The smallest absolute Gasteiger partial charge is 0.323 e. The minimum absolute atomic E-state index is 0.144. The van der Waals surface area contributed by atoms with Crippen LogP contribution in [-0.2, 0) is 14.3 Å². The summed E-state index contributed by atoms with van der Waals surface area (Å²) in [4.78, 5) is 39.2. The Morgan fingerprint density at radius 1 is 1.24 bits per heavy atom. The van der Waals surface area contributed by atoms with E-state index in [0.717, 1.165) is 0 Å². The number of hydrogen-bond acceptors (Lipinski definition) is 5. The number of ether oxygens (including phenoxy) is 1. The number of aromatic amines is 2. The summed E-state index contributed by atoms with van der Waals surface area (Å²) in [6, 6.07) is 5.07. The molecule has 1 amide bonds. The van der Waals surface area contributed by atoms with E-state index in [0.29, 0.717) is 23.3 Å². The standard InChI is InChI=1S/C13H15N3O4S/c1-2-20-12(18)7-21-6-11(17)14-8-3-4-9-10(5-8)16-13(19)15-9/h3-5H,2,6-7H2,1H3,(H,14,17)(H2,15,16,19). The molecule has 0 atom stereocenters. The quantitative estimate of drug-likeness (QED) is 0.693. The summed E-state index contributed by atoms with van der Waals surface area (Å²) in [6.07, 6.45) is 0. The second kappa shape index (κ2) is 6.98. The average Bonchev–Trinajstić information content (AvgIpc) is 2.78. The first-order valence-electron chi connectivity index (χ1n) is 6.33. The summed E-state index contributed by atoms with van der Waals surface area (Å²) in [5.74, 6) is -0.255. The van der Waals surface area contributed by atoms with Crippen LogP contribution in [0.4, 0.5) is 5.69 Å². The molecular weight excluding hydrogens is 294 g/mol. The summed E-state index contributed by atoms with van der Waals surface area (Å²) in [5, 5.41) is 2.70. The normalized spacial score (nSPS) is 10.5. The van der Waals surface area contributed by atoms with Gasteiger partial charge in [0.15, 0.2) is 0 Å². The molecule has 2 aromatic rings. The minimum atomic E-state index is -0.332. The van der Waals surface area contributed by atoms with Crippen LogP contribution in [0, 0.1) is 0 Å². The molecule has 0 aliphatic carbocycles. The van der Waals surface area contributed by atoms with E-state index in [1.807, 2.05) is 0 Å². The fraction of sp³-hybridized carbons (Fsp3) is 0.308. The van der Waals surface area contributed by atoms with Gasteiger partial charge in [0, 0.05) is 5.69 Å². The van der Waals surface area contributed by atoms with Crippen molar-refractivity contribution in [3.05, 3.63) is 28.7 Å². The highest BCUT2D eigenvalue weighted by molar-refractivity contribution is 8.00. The number of benzene rings is 1. The number of esters is 1. The molecule has 0 spiro atoms. The SMILES string of the molecule is CCOC(=O)CSCC(=O)Nc1ccc2[nH]c(=O)[nH]c2c1. The van der Waals surface area contributed by atoms with Gasteiger partial charge in [-0.05, 0) is 25.1 Å². The highest BCUT2D eigenvalue weighted by atomic mass is 32.2. The Kier molecular flexibility index (Phi) is 5.04. The Balaban J connectivity index is 1.86. The van der Waals surface area contributed by atoms with Crippen molar-refractivity contribution in [3.8, 4) is 0 Å². The maximum atomic E-state index is 11.7. The van der Waals surface area contributed by atoms with Crippen molar-refractivity contribution < 1.29 is 14.3 Å². The summed E-state index contributed by atoms with van der Waals surface area (Å²) in [6.45, 7) is 2.07. The van der Waals surface area contributed by atoms with Crippen molar-refractivity contribution in [2.75, 3.05) is 23.4 Å². The molecule has 1 aromatic carbocycles. The molecule has 7 nitrogen and oxygen atoms in total. The third-order valence-corrected chi connectivity index (χ3v) is 3.46. The summed E-state index contributed by atoms with van der Waals surface area (Å²) in [7, 11) is 0. The van der Waals surface area contributed by atoms with Crippen molar-refractivity contribution in [1.82, 2.24) is 9.97 Å². The number of amides is 1. The van der Waals surface area contributed by atoms with Crippen LogP contribution in [-0.4, -0.2) is 40.0 Å². The Labute approximate surface area is 124 Å². The van der Waals surface area contributed by atoms with Gasteiger partial charge in [0.2, 0.25) is 5.91 Å². The number of rotatable bonds is 6. The van der Waals surface area contributed by atoms with Crippen molar-refractivity contribution in [1.29, 1.82) is 0 Å². The zero-order valence-electron chi connectivity index (χ0n) is 11.4. The van der Waals surface area contributed by atoms with E-state index in [9.17, 15) is 14.4 Å². The monoisotopic (exact) mass is 309 g/mol. The van der Waals surface area contributed by atoms with Crippen molar-refractivity contribution in [2.45, 2.75) is 6.92 Å². The molecule has 2 rings (SSSR count). The zero-order valence-corrected chi connectivity index (χ0v) is 12.2. The van der Waals surface area contributed by atoms with Crippen molar-refractivity contribution in [3.63, 3.8) is 0 Å². The Morgan fingerprint density at radius 2 is 2.00 bits per heavy atom. The van der Waals surface area contributed by atoms with Crippen LogP contribution < -0.4 is 11.0 Å². The maximum Gasteiger partial charge on any atom is 0.323 e. The predicted octanol–water partition coefficient (Wildman–Crippen LogP) is 1.09. The fourth-order valence-corrected chi connectivity index (χ4v) is 2.35. The second-order valence-corrected chi connectivity index (χ2v) is 5.17. The molecule has 0 unspecified atom stereocenters. The Morgan fingerprint density at radius 3 is 2.76 bits per heavy atom. The van der Waals surface area contributed by atoms with Gasteiger partial charge in [-0.3, -0.25) is 9.59 Å². The number of thioether (sulfide) groups is 1. The van der Waals surface area contributed by atoms with Gasteiger partial charge in [0.1, 0.15) is 0 Å². The number of carbonyl (C=O) groups excluding carboxylic acids is 2. The molecule has 0 aliphatic rings. The van der Waals surface area contributed by atoms with Crippen LogP contribution in [0.25, 0.3) is 11.0 Å². The Hall–Kier alpha value is -2.22. The topological polar surface area (TPSA) is 104 Å². The van der Waals surface area contributed by atoms with Crippen LogP contribution in [0.1, 0.15) is 6.92 Å². The minimum Gasteiger partial charge on any atom is -0.465 e. The number of fused-ring (bicyclic) bond motifs is 1. The van der Waals surface area contributed by atoms with Crippen LogP contribution in [0.15, 0.2) is 23.0 Å². The first-order valence-corrected chi connectivity index (χ1v) is 7.49. The molecule has 112 valence electrons. The van der Waals surface area contributed by atoms with E-state index < -0.39 is 0 Å². The van der Waals surface area contributed by atoms with E-state index in [2.05, 4.69) is 15.3 Å². The molecule has 0 aliphatic heterocycles. The average molecular weight is 309 g/mol. The number of H-pyrrole nitrogens is 2. The van der Waals surface area contributed by atoms with E-state index >= 15 is 0 Å². The highest BCUT2D eigenvalue weighted by Crippen LogP contribution is 2.15. The van der Waals surface area contributed by atoms with Crippen LogP contribution in [0.3, 0.4) is 0 Å². The van der Waals surface area contributed by atoms with Crippen LogP contribution >= 0.6 is 11.8 Å². The molecule has 0 saturated carbocycles. The third-order valence-electron chi connectivity index (χ3n) is 2.56. The first-order chi connectivity index (χ1) is 10.1. The molecule has 0 radical (unpaired) electrons. The number of aromatic nitrogens is 2. The molecular formula is C13H15N3O4S. The molecule has 0 bridgehead atoms. The molecule has 0 saturated heterocycles. The van der Waals surface area contributed by atoms with E-state index in [1.165, 1.54) is 11.8 Å². The van der Waals surface area contributed by atoms with E-state index in [1.54, 1.807) is 25.1 Å². The number of imidazole rings is 1. The lowest BCUT2D eigenvalue weighted by Crippen LogP contribution is -2.16. The maximum absolute atomic E-state index is 11.7. The lowest BCUT2D eigenvalue weighted by atomic mass is 10.3. The summed E-state index contributed by atoms with van der Waals surface area (Å²) >= 11 is 1.19. The molecule has 1 aromatic heterocycles. The summed E-state index contributed by atoms with van der Waals surface area (Å²) < 4.78 is 4.76. The fourth-order valence-electron chi connectivity index (χ4n) is 1.74. The molecule has 21 heavy (non-hydrogen) atoms. The van der Waals surface area contributed by atoms with Gasteiger partial charge in [-0.1, -0.05) is 0 Å². The largest absolute Gasteiger partial charge is 0.465 e. The van der Waals surface area contributed by atoms with Crippen LogP contribution in [0.5, 0.6) is 0 Å². The predicted molar refractivity (Wildman–Crippen MR) is 81.5 cm³/mol. The lowest BCUT2D eigenvalue weighted by molar-refractivity contribution is -0.139. The molecule has 1 heterocycles. The number of nitrogens with one attached hydrogen (secondary N) is 3. The van der Waals surface area contributed by atoms with Gasteiger partial charge in [0.05, 0.1) is 29.1 Å². The number of anilines is 1. The Bertz CT molecular complexity index is 707. The highest BCUT2D eigenvalue weighted by Gasteiger charge is 2.07. The molecule has 3 N–H and O–H groups in total. The second-order valence-electron chi connectivity index (χ2n) is 4.19. The molecule has 0 fully saturated rings. The van der Waals surface area contributed by atoms with Gasteiger partial charge in [-0.25, -0.2) is 4.79 Å². The van der Waals surface area contributed by atoms with Crippen LogP contribution in [0.2, 0.25) is 0 Å². The van der Waals surface area contributed by atoms with E-state index in [-0.39, 0.29) is 29.1 Å². The van der Waals surface area contributed by atoms with E-state index in [4.69, 9.17) is 4.74 Å². The number of carbonyl (C=O) groups is 2. The lowest BCUT2D eigenvalue weighted by Gasteiger charge is -2.05.